The van der Waals surface area contributed by atoms with Crippen LogP contribution in [0.15, 0.2) is 82.6 Å². The Morgan fingerprint density at radius 3 is 1.86 bits per heavy atom. The van der Waals surface area contributed by atoms with Crippen LogP contribution in [0.5, 0.6) is 0 Å². The highest BCUT2D eigenvalue weighted by Crippen LogP contribution is 2.23. The molecule has 2 atom stereocenters. The largest absolute Gasteiger partial charge is 0.449 e. The third-order valence-electron chi connectivity index (χ3n) is 7.86. The van der Waals surface area contributed by atoms with Crippen LogP contribution in [0, 0.1) is 0 Å². The first-order chi connectivity index (χ1) is 24.0. The molecule has 50 heavy (non-hydrogen) atoms. The van der Waals surface area contributed by atoms with Gasteiger partial charge in [0.1, 0.15) is 11.6 Å². The van der Waals surface area contributed by atoms with Crippen molar-refractivity contribution in [1.82, 2.24) is 29.9 Å². The molecule has 1 amide bonds. The van der Waals surface area contributed by atoms with Crippen LogP contribution in [0.1, 0.15) is 43.5 Å². The number of hydrogen-bond acceptors (Lipinski definition) is 11. The van der Waals surface area contributed by atoms with Gasteiger partial charge in [-0.05, 0) is 80.9 Å². The fourth-order valence-corrected chi connectivity index (χ4v) is 5.71. The van der Waals surface area contributed by atoms with E-state index in [4.69, 9.17) is 33.7 Å². The molecule has 1 aliphatic heterocycles. The predicted molar refractivity (Wildman–Crippen MR) is 195 cm³/mol. The average molecular weight is 716 g/mol. The quantitative estimate of drug-likeness (QED) is 0.126. The third-order valence-corrected chi connectivity index (χ3v) is 8.33. The Hall–Kier alpha value is -5.73. The number of aromatic nitrogens is 6. The van der Waals surface area contributed by atoms with Gasteiger partial charge in [0, 0.05) is 61.9 Å². The number of carbonyl (C=O) groups is 1. The van der Waals surface area contributed by atoms with Crippen molar-refractivity contribution in [3.63, 3.8) is 0 Å². The first-order valence-electron chi connectivity index (χ1n) is 15.6. The number of anilines is 4. The monoisotopic (exact) mass is 714 g/mol. The smallest absolute Gasteiger partial charge is 0.415 e. The topological polar surface area (TPSA) is 197 Å². The number of amides is 1. The Balaban J connectivity index is 0.000000178. The minimum atomic E-state index is -0.424. The van der Waals surface area contributed by atoms with Gasteiger partial charge in [-0.15, -0.1) is 0 Å². The lowest BCUT2D eigenvalue weighted by molar-refractivity contribution is 0.140. The Bertz CT molecular complexity index is 2320. The molecule has 0 bridgehead atoms. The van der Waals surface area contributed by atoms with E-state index in [9.17, 15) is 14.4 Å². The fraction of sp³-hybridized carbons (Fsp3) is 0.206. The maximum absolute atomic E-state index is 12.5. The van der Waals surface area contributed by atoms with Crippen LogP contribution in [0.4, 0.5) is 28.3 Å². The van der Waals surface area contributed by atoms with Crippen molar-refractivity contribution < 1.29 is 9.53 Å². The second kappa shape index (κ2) is 14.8. The Kier molecular flexibility index (Phi) is 10.1. The summed E-state index contributed by atoms with van der Waals surface area (Å²) in [6.07, 6.45) is 3.43. The van der Waals surface area contributed by atoms with E-state index in [2.05, 4.69) is 40.5 Å². The number of cyclic esters (lactones) is 1. The number of nitrogens with zero attached hydrogens (tertiary/aromatic N) is 5. The Morgan fingerprint density at radius 2 is 1.32 bits per heavy atom. The minimum Gasteiger partial charge on any atom is -0.449 e. The van der Waals surface area contributed by atoms with E-state index in [1.54, 1.807) is 67.0 Å². The van der Waals surface area contributed by atoms with Gasteiger partial charge in [0.05, 0.1) is 18.7 Å². The highest BCUT2D eigenvalue weighted by Gasteiger charge is 2.23. The number of halogens is 2. The molecule has 5 heterocycles. The third kappa shape index (κ3) is 7.93. The van der Waals surface area contributed by atoms with Crippen LogP contribution >= 0.6 is 23.2 Å². The SMILES string of the molecule is C[C@@H](Nc1nccc(N2CCCOC2=O)n1)c1cc2cc(Cl)ccc2[nH]c1=O.C[C@H](Nc1nccc(N)n1)c1cc2cc(Cl)ccc2[nH]c1=O. The molecule has 16 heteroatoms. The number of hydrogen-bond donors (Lipinski definition) is 5. The molecule has 256 valence electrons. The summed E-state index contributed by atoms with van der Waals surface area (Å²) in [5.74, 6) is 1.50. The average Bonchev–Trinajstić information content (AvgIpc) is 3.08. The van der Waals surface area contributed by atoms with E-state index >= 15 is 0 Å². The lowest BCUT2D eigenvalue weighted by Gasteiger charge is -2.25. The first-order valence-corrected chi connectivity index (χ1v) is 16.3. The van der Waals surface area contributed by atoms with E-state index in [0.29, 0.717) is 63.4 Å². The summed E-state index contributed by atoms with van der Waals surface area (Å²) in [6, 6.07) is 16.8. The normalized spacial score (nSPS) is 14.0. The number of carbonyl (C=O) groups excluding carboxylic acids is 1. The molecule has 1 saturated heterocycles. The van der Waals surface area contributed by atoms with Gasteiger partial charge < -0.3 is 31.1 Å². The molecule has 6 aromatic rings. The maximum atomic E-state index is 12.5. The van der Waals surface area contributed by atoms with Crippen molar-refractivity contribution >= 4 is 74.6 Å². The summed E-state index contributed by atoms with van der Waals surface area (Å²) in [5.41, 5.74) is 7.80. The summed E-state index contributed by atoms with van der Waals surface area (Å²) in [5, 5.41) is 9.09. The lowest BCUT2D eigenvalue weighted by atomic mass is 10.1. The molecule has 14 nitrogen and oxygen atoms in total. The first kappa shape index (κ1) is 34.1. The molecule has 7 rings (SSSR count). The standard InChI is InChI=1S/C19H18ClN5O3.C15H14ClN5O/c1-11(14-10-12-9-13(20)3-4-15(12)23-17(14)26)22-18-21-6-5-16(24-18)25-7-2-8-28-19(25)27;1-8(19-15-18-5-4-13(17)21-15)11-7-9-6-10(16)2-3-12(9)20-14(11)22/h3-6,9-11H,2,7-8H2,1H3,(H,23,26)(H,21,22,24);2-8H,1H3,(H,20,22)(H3,17,18,19,21)/t11-;8-/m10/s1. The Morgan fingerprint density at radius 1 is 0.780 bits per heavy atom. The van der Waals surface area contributed by atoms with Crippen LogP contribution < -0.4 is 32.4 Å². The number of fused-ring (bicyclic) bond motifs is 2. The molecular weight excluding hydrogens is 683 g/mol. The number of nitrogens with one attached hydrogen (secondary N) is 4. The molecule has 0 aliphatic carbocycles. The van der Waals surface area contributed by atoms with Gasteiger partial charge in [0.25, 0.3) is 11.1 Å². The van der Waals surface area contributed by atoms with Gasteiger partial charge in [-0.2, -0.15) is 9.97 Å². The van der Waals surface area contributed by atoms with Crippen LogP contribution in [0.3, 0.4) is 0 Å². The summed E-state index contributed by atoms with van der Waals surface area (Å²) < 4.78 is 5.05. The lowest BCUT2D eigenvalue weighted by Crippen LogP contribution is -2.38. The number of H-pyrrole nitrogens is 2. The number of ether oxygens (including phenoxy) is 1. The molecule has 0 unspecified atom stereocenters. The van der Waals surface area contributed by atoms with E-state index in [1.165, 1.54) is 4.90 Å². The molecule has 1 aliphatic rings. The molecular formula is C34H32Cl2N10O4. The Labute approximate surface area is 295 Å². The van der Waals surface area contributed by atoms with Crippen molar-refractivity contribution in [2.75, 3.05) is 34.4 Å². The molecule has 4 aromatic heterocycles. The van der Waals surface area contributed by atoms with Crippen LogP contribution in [0.25, 0.3) is 21.8 Å². The van der Waals surface area contributed by atoms with Crippen molar-refractivity contribution in [2.45, 2.75) is 32.4 Å². The summed E-state index contributed by atoms with van der Waals surface area (Å²) >= 11 is 12.0. The van der Waals surface area contributed by atoms with Gasteiger partial charge in [-0.25, -0.2) is 14.8 Å². The van der Waals surface area contributed by atoms with E-state index < -0.39 is 6.09 Å². The highest BCUT2D eigenvalue weighted by molar-refractivity contribution is 6.31. The molecule has 1 fully saturated rings. The summed E-state index contributed by atoms with van der Waals surface area (Å²) in [4.78, 5) is 60.5. The van der Waals surface area contributed by atoms with Crippen molar-refractivity contribution in [2.24, 2.45) is 0 Å². The van der Waals surface area contributed by atoms with Gasteiger partial charge in [-0.1, -0.05) is 23.2 Å². The number of benzene rings is 2. The molecule has 0 saturated carbocycles. The number of nitrogens with two attached hydrogens (primary N) is 1. The zero-order valence-corrected chi connectivity index (χ0v) is 28.4. The number of nitrogen functional groups attached to an aromatic ring is 1. The van der Waals surface area contributed by atoms with E-state index in [-0.39, 0.29) is 23.2 Å². The molecule has 2 aromatic carbocycles. The van der Waals surface area contributed by atoms with Crippen LogP contribution in [-0.4, -0.2) is 49.1 Å². The van der Waals surface area contributed by atoms with Gasteiger partial charge in [0.15, 0.2) is 0 Å². The van der Waals surface area contributed by atoms with Gasteiger partial charge in [-0.3, -0.25) is 14.5 Å². The minimum absolute atomic E-state index is 0.168. The molecule has 6 N–H and O–H groups in total. The second-order valence-electron chi connectivity index (χ2n) is 11.5. The molecule has 0 radical (unpaired) electrons. The van der Waals surface area contributed by atoms with Crippen molar-refractivity contribution in [1.29, 1.82) is 0 Å². The van der Waals surface area contributed by atoms with E-state index in [1.807, 2.05) is 19.9 Å². The number of aromatic amines is 2. The van der Waals surface area contributed by atoms with Gasteiger partial charge in [0.2, 0.25) is 11.9 Å². The van der Waals surface area contributed by atoms with Gasteiger partial charge >= 0.3 is 6.09 Å². The fourth-order valence-electron chi connectivity index (χ4n) is 5.35. The zero-order valence-electron chi connectivity index (χ0n) is 26.9. The predicted octanol–water partition coefficient (Wildman–Crippen LogP) is 6.22. The van der Waals surface area contributed by atoms with Crippen molar-refractivity contribution in [3.8, 4) is 0 Å². The maximum Gasteiger partial charge on any atom is 0.415 e. The van der Waals surface area contributed by atoms with Crippen molar-refractivity contribution in [3.05, 3.63) is 115 Å². The van der Waals surface area contributed by atoms with E-state index in [0.717, 1.165) is 22.7 Å². The van der Waals surface area contributed by atoms with Crippen LogP contribution in [0.2, 0.25) is 10.0 Å². The summed E-state index contributed by atoms with van der Waals surface area (Å²) in [7, 11) is 0. The second-order valence-corrected chi connectivity index (χ2v) is 12.3. The van der Waals surface area contributed by atoms with Crippen LogP contribution in [-0.2, 0) is 4.74 Å². The number of pyridine rings is 2. The zero-order chi connectivity index (χ0) is 35.4. The highest BCUT2D eigenvalue weighted by atomic mass is 35.5. The summed E-state index contributed by atoms with van der Waals surface area (Å²) in [6.45, 7) is 4.65. The molecule has 0 spiro atoms. The number of rotatable bonds is 7.